The van der Waals surface area contributed by atoms with Crippen LogP contribution >= 0.6 is 0 Å². The molecule has 6 nitrogen and oxygen atoms in total. The number of carbonyl (C=O) groups is 2. The molecular weight excluding hydrogens is 390 g/mol. The highest BCUT2D eigenvalue weighted by Crippen LogP contribution is 2.26. The minimum Gasteiger partial charge on any atom is -0.495 e. The van der Waals surface area contributed by atoms with Gasteiger partial charge in [0.25, 0.3) is 5.91 Å². The average Bonchev–Trinajstić information content (AvgIpc) is 3.32. The van der Waals surface area contributed by atoms with E-state index in [2.05, 4.69) is 16.3 Å². The molecule has 2 aromatic rings. The number of hydrogen-bond acceptors (Lipinski definition) is 4. The maximum Gasteiger partial charge on any atom is 0.253 e. The molecule has 0 saturated carbocycles. The molecule has 2 fully saturated rings. The number of methoxy groups -OCH3 is 1. The first kappa shape index (κ1) is 21.4. The molecule has 2 aliphatic rings. The van der Waals surface area contributed by atoms with Gasteiger partial charge in [-0.2, -0.15) is 0 Å². The third-order valence-corrected chi connectivity index (χ3v) is 6.30. The SMILES string of the molecule is COc1ccccc1NC(=O)C1CCN(C(=O)c2cccc(CN3CCCC3)c2)CC1. The molecule has 6 heteroatoms. The fourth-order valence-electron chi connectivity index (χ4n) is 4.51. The second kappa shape index (κ2) is 9.96. The molecule has 0 atom stereocenters. The summed E-state index contributed by atoms with van der Waals surface area (Å²) in [5.74, 6) is 0.601. The summed E-state index contributed by atoms with van der Waals surface area (Å²) in [7, 11) is 1.59. The van der Waals surface area contributed by atoms with E-state index < -0.39 is 0 Å². The third kappa shape index (κ3) is 5.25. The van der Waals surface area contributed by atoms with Gasteiger partial charge in [0.1, 0.15) is 5.75 Å². The van der Waals surface area contributed by atoms with E-state index in [4.69, 9.17) is 4.74 Å². The molecule has 2 heterocycles. The summed E-state index contributed by atoms with van der Waals surface area (Å²) in [5.41, 5.74) is 2.62. The highest BCUT2D eigenvalue weighted by Gasteiger charge is 2.28. The molecule has 4 rings (SSSR count). The number of anilines is 1. The van der Waals surface area contributed by atoms with E-state index in [1.807, 2.05) is 47.4 Å². The Bertz CT molecular complexity index is 916. The van der Waals surface area contributed by atoms with Crippen molar-refractivity contribution in [2.45, 2.75) is 32.2 Å². The average molecular weight is 422 g/mol. The van der Waals surface area contributed by atoms with Crippen LogP contribution in [0.1, 0.15) is 41.6 Å². The normalized spacial score (nSPS) is 17.5. The van der Waals surface area contributed by atoms with Crippen LogP contribution in [0.15, 0.2) is 48.5 Å². The number of rotatable bonds is 6. The maximum atomic E-state index is 13.0. The van der Waals surface area contributed by atoms with Gasteiger partial charge >= 0.3 is 0 Å². The van der Waals surface area contributed by atoms with E-state index in [1.165, 1.54) is 18.4 Å². The Balaban J connectivity index is 1.32. The largest absolute Gasteiger partial charge is 0.495 e. The molecule has 0 bridgehead atoms. The van der Waals surface area contributed by atoms with E-state index in [-0.39, 0.29) is 17.7 Å². The molecule has 2 saturated heterocycles. The molecule has 0 aromatic heterocycles. The number of amides is 2. The first-order valence-electron chi connectivity index (χ1n) is 11.2. The van der Waals surface area contributed by atoms with Crippen LogP contribution in [0.4, 0.5) is 5.69 Å². The van der Waals surface area contributed by atoms with Crippen LogP contribution in [0.2, 0.25) is 0 Å². The standard InChI is InChI=1S/C25H31N3O3/c1-31-23-10-3-2-9-22(23)26-24(29)20-11-15-28(16-12-20)25(30)21-8-6-7-19(17-21)18-27-13-4-5-14-27/h2-3,6-10,17,20H,4-5,11-16,18H2,1H3,(H,26,29). The second-order valence-corrected chi connectivity index (χ2v) is 8.44. The van der Waals surface area contributed by atoms with Crippen LogP contribution in [0, 0.1) is 5.92 Å². The van der Waals surface area contributed by atoms with Crippen LogP contribution in [-0.2, 0) is 11.3 Å². The molecule has 0 spiro atoms. The number of likely N-dealkylation sites (tertiary alicyclic amines) is 2. The van der Waals surface area contributed by atoms with Gasteiger partial charge in [0.15, 0.2) is 0 Å². The smallest absolute Gasteiger partial charge is 0.253 e. The Kier molecular flexibility index (Phi) is 6.87. The Labute approximate surface area is 184 Å². The molecule has 1 N–H and O–H groups in total. The van der Waals surface area contributed by atoms with Gasteiger partial charge in [-0.3, -0.25) is 14.5 Å². The Morgan fingerprint density at radius 1 is 1.00 bits per heavy atom. The van der Waals surface area contributed by atoms with Crippen LogP contribution in [0.25, 0.3) is 0 Å². The molecule has 164 valence electrons. The van der Waals surface area contributed by atoms with Crippen molar-refractivity contribution in [2.24, 2.45) is 5.92 Å². The monoisotopic (exact) mass is 421 g/mol. The van der Waals surface area contributed by atoms with Crippen molar-refractivity contribution < 1.29 is 14.3 Å². The lowest BCUT2D eigenvalue weighted by Crippen LogP contribution is -2.41. The number of benzene rings is 2. The Morgan fingerprint density at radius 2 is 1.74 bits per heavy atom. The number of nitrogens with zero attached hydrogens (tertiary/aromatic N) is 2. The van der Waals surface area contributed by atoms with Gasteiger partial charge < -0.3 is 15.0 Å². The molecule has 0 radical (unpaired) electrons. The van der Waals surface area contributed by atoms with Crippen molar-refractivity contribution in [2.75, 3.05) is 38.6 Å². The van der Waals surface area contributed by atoms with Crippen molar-refractivity contribution in [3.05, 3.63) is 59.7 Å². The van der Waals surface area contributed by atoms with Gasteiger partial charge in [-0.1, -0.05) is 24.3 Å². The summed E-state index contributed by atoms with van der Waals surface area (Å²) in [4.78, 5) is 30.1. The van der Waals surface area contributed by atoms with Gasteiger partial charge in [0.05, 0.1) is 12.8 Å². The lowest BCUT2D eigenvalue weighted by molar-refractivity contribution is -0.121. The van der Waals surface area contributed by atoms with Crippen molar-refractivity contribution >= 4 is 17.5 Å². The number of nitrogens with one attached hydrogen (secondary N) is 1. The molecular formula is C25H31N3O3. The van der Waals surface area contributed by atoms with Crippen molar-refractivity contribution in [3.63, 3.8) is 0 Å². The minimum atomic E-state index is -0.101. The predicted octanol–water partition coefficient (Wildman–Crippen LogP) is 3.78. The maximum absolute atomic E-state index is 13.0. The van der Waals surface area contributed by atoms with Crippen LogP contribution in [0.5, 0.6) is 5.75 Å². The van der Waals surface area contributed by atoms with Crippen molar-refractivity contribution in [3.8, 4) is 5.75 Å². The topological polar surface area (TPSA) is 61.9 Å². The predicted molar refractivity (Wildman–Crippen MR) is 121 cm³/mol. The van der Waals surface area contributed by atoms with E-state index >= 15 is 0 Å². The van der Waals surface area contributed by atoms with Gasteiger partial charge in [0.2, 0.25) is 5.91 Å². The van der Waals surface area contributed by atoms with Gasteiger partial charge in [-0.05, 0) is 68.6 Å². The number of hydrogen-bond donors (Lipinski definition) is 1. The van der Waals surface area contributed by atoms with E-state index in [9.17, 15) is 9.59 Å². The molecule has 2 amide bonds. The van der Waals surface area contributed by atoms with Gasteiger partial charge in [-0.25, -0.2) is 0 Å². The zero-order valence-electron chi connectivity index (χ0n) is 18.2. The molecule has 31 heavy (non-hydrogen) atoms. The molecule has 2 aromatic carbocycles. The zero-order chi connectivity index (χ0) is 21.6. The van der Waals surface area contributed by atoms with E-state index in [0.29, 0.717) is 37.4 Å². The first-order chi connectivity index (χ1) is 15.1. The van der Waals surface area contributed by atoms with Crippen molar-refractivity contribution in [1.29, 1.82) is 0 Å². The third-order valence-electron chi connectivity index (χ3n) is 6.30. The summed E-state index contributed by atoms with van der Waals surface area (Å²) in [6.45, 7) is 4.38. The lowest BCUT2D eigenvalue weighted by Gasteiger charge is -2.31. The lowest BCUT2D eigenvalue weighted by atomic mass is 9.95. The zero-order valence-corrected chi connectivity index (χ0v) is 18.2. The van der Waals surface area contributed by atoms with Crippen LogP contribution < -0.4 is 10.1 Å². The van der Waals surface area contributed by atoms with Crippen molar-refractivity contribution in [1.82, 2.24) is 9.80 Å². The molecule has 2 aliphatic heterocycles. The van der Waals surface area contributed by atoms with Gasteiger partial charge in [-0.15, -0.1) is 0 Å². The Morgan fingerprint density at radius 3 is 2.48 bits per heavy atom. The summed E-state index contributed by atoms with van der Waals surface area (Å²) < 4.78 is 5.31. The summed E-state index contributed by atoms with van der Waals surface area (Å²) >= 11 is 0. The number of piperidine rings is 1. The highest BCUT2D eigenvalue weighted by atomic mass is 16.5. The van der Waals surface area contributed by atoms with E-state index in [0.717, 1.165) is 25.2 Å². The fraction of sp³-hybridized carbons (Fsp3) is 0.440. The summed E-state index contributed by atoms with van der Waals surface area (Å²) in [6.07, 6.45) is 3.86. The number of ether oxygens (including phenoxy) is 1. The Hall–Kier alpha value is -2.86. The minimum absolute atomic E-state index is 0.00999. The summed E-state index contributed by atoms with van der Waals surface area (Å²) in [5, 5.41) is 2.98. The first-order valence-corrected chi connectivity index (χ1v) is 11.2. The highest BCUT2D eigenvalue weighted by molar-refractivity contribution is 5.96. The van der Waals surface area contributed by atoms with E-state index in [1.54, 1.807) is 7.11 Å². The molecule has 0 aliphatic carbocycles. The van der Waals surface area contributed by atoms with Gasteiger partial charge in [0, 0.05) is 31.1 Å². The van der Waals surface area contributed by atoms with Crippen LogP contribution in [-0.4, -0.2) is 54.9 Å². The second-order valence-electron chi connectivity index (χ2n) is 8.44. The quantitative estimate of drug-likeness (QED) is 0.771. The molecule has 0 unspecified atom stereocenters. The fourth-order valence-corrected chi connectivity index (χ4v) is 4.51. The number of para-hydroxylation sites is 2. The summed E-state index contributed by atoms with van der Waals surface area (Å²) in [6, 6.07) is 15.4. The van der Waals surface area contributed by atoms with Crippen LogP contribution in [0.3, 0.4) is 0 Å². The number of carbonyl (C=O) groups excluding carboxylic acids is 2.